The molecule has 23 heavy (non-hydrogen) atoms. The fraction of sp³-hybridized carbons (Fsp3) is 0.312. The van der Waals surface area contributed by atoms with Gasteiger partial charge in [0.15, 0.2) is 0 Å². The van der Waals surface area contributed by atoms with Gasteiger partial charge in [-0.05, 0) is 32.9 Å². The highest BCUT2D eigenvalue weighted by molar-refractivity contribution is 6.06. The number of aryl methyl sites for hydroxylation is 1. The van der Waals surface area contributed by atoms with Crippen LogP contribution in [0.4, 0.5) is 16.2 Å². The maximum atomic E-state index is 12.2. The number of para-hydroxylation sites is 2. The minimum Gasteiger partial charge on any atom is -0.444 e. The van der Waals surface area contributed by atoms with Crippen molar-refractivity contribution in [3.05, 3.63) is 42.2 Å². The molecule has 0 saturated carbocycles. The number of amides is 2. The van der Waals surface area contributed by atoms with Crippen LogP contribution in [0.1, 0.15) is 31.1 Å². The van der Waals surface area contributed by atoms with Crippen LogP contribution in [0.5, 0.6) is 0 Å². The van der Waals surface area contributed by atoms with E-state index in [1.807, 2.05) is 0 Å². The molecule has 1 aromatic carbocycles. The number of nitrogens with one attached hydrogen (secondary N) is 2. The molecule has 0 radical (unpaired) electrons. The van der Waals surface area contributed by atoms with E-state index in [1.165, 1.54) is 6.20 Å². The normalized spacial score (nSPS) is 11.0. The smallest absolute Gasteiger partial charge is 0.412 e. The highest BCUT2D eigenvalue weighted by Gasteiger charge is 2.18. The minimum absolute atomic E-state index is 0.309. The van der Waals surface area contributed by atoms with Crippen molar-refractivity contribution in [2.45, 2.75) is 26.4 Å². The van der Waals surface area contributed by atoms with Gasteiger partial charge in [-0.25, -0.2) is 4.79 Å². The fourth-order valence-corrected chi connectivity index (χ4v) is 1.85. The first-order chi connectivity index (χ1) is 10.7. The number of ether oxygens (including phenoxy) is 1. The first-order valence-corrected chi connectivity index (χ1v) is 7.13. The summed E-state index contributed by atoms with van der Waals surface area (Å²) in [6.07, 6.45) is 2.50. The molecule has 0 saturated heterocycles. The summed E-state index contributed by atoms with van der Waals surface area (Å²) in [6.45, 7) is 5.34. The van der Waals surface area contributed by atoms with Crippen molar-refractivity contribution in [2.24, 2.45) is 7.05 Å². The highest BCUT2D eigenvalue weighted by atomic mass is 16.6. The molecular formula is C16H20N4O3. The quantitative estimate of drug-likeness (QED) is 0.911. The van der Waals surface area contributed by atoms with Gasteiger partial charge in [0.25, 0.3) is 5.91 Å². The Bertz CT molecular complexity index is 716. The number of hydrogen-bond donors (Lipinski definition) is 2. The molecule has 0 aliphatic heterocycles. The number of nitrogens with zero attached hydrogens (tertiary/aromatic N) is 2. The van der Waals surface area contributed by atoms with E-state index in [0.29, 0.717) is 16.9 Å². The first kappa shape index (κ1) is 16.5. The number of carbonyl (C=O) groups excluding carboxylic acids is 2. The molecule has 2 rings (SSSR count). The summed E-state index contributed by atoms with van der Waals surface area (Å²) in [6, 6.07) is 6.90. The molecule has 1 aromatic heterocycles. The van der Waals surface area contributed by atoms with Crippen LogP contribution in [0.25, 0.3) is 0 Å². The zero-order chi connectivity index (χ0) is 17.0. The second-order valence-corrected chi connectivity index (χ2v) is 6.03. The average molecular weight is 316 g/mol. The number of aromatic nitrogens is 2. The highest BCUT2D eigenvalue weighted by Crippen LogP contribution is 2.22. The van der Waals surface area contributed by atoms with E-state index in [1.54, 1.807) is 63.0 Å². The van der Waals surface area contributed by atoms with Gasteiger partial charge in [-0.2, -0.15) is 5.10 Å². The Hall–Kier alpha value is -2.83. The molecule has 0 unspecified atom stereocenters. The summed E-state index contributed by atoms with van der Waals surface area (Å²) in [4.78, 5) is 24.1. The average Bonchev–Trinajstić information content (AvgIpc) is 2.85. The molecule has 0 aliphatic rings. The Balaban J connectivity index is 2.11. The maximum absolute atomic E-state index is 12.2. The van der Waals surface area contributed by atoms with Crippen molar-refractivity contribution in [3.8, 4) is 0 Å². The summed E-state index contributed by atoms with van der Waals surface area (Å²) >= 11 is 0. The van der Waals surface area contributed by atoms with Crippen molar-refractivity contribution >= 4 is 23.4 Å². The Morgan fingerprint density at radius 2 is 1.74 bits per heavy atom. The molecule has 0 fully saturated rings. The number of rotatable bonds is 3. The molecule has 122 valence electrons. The molecule has 0 aliphatic carbocycles. The van der Waals surface area contributed by atoms with Crippen LogP contribution in [0, 0.1) is 0 Å². The summed E-state index contributed by atoms with van der Waals surface area (Å²) in [7, 11) is 1.73. The van der Waals surface area contributed by atoms with Gasteiger partial charge in [-0.1, -0.05) is 12.1 Å². The zero-order valence-electron chi connectivity index (χ0n) is 13.6. The van der Waals surface area contributed by atoms with Gasteiger partial charge >= 0.3 is 6.09 Å². The van der Waals surface area contributed by atoms with Crippen LogP contribution in [-0.4, -0.2) is 27.4 Å². The lowest BCUT2D eigenvalue weighted by atomic mass is 10.2. The summed E-state index contributed by atoms with van der Waals surface area (Å²) in [5.41, 5.74) is 0.767. The second kappa shape index (κ2) is 6.51. The largest absolute Gasteiger partial charge is 0.444 e. The SMILES string of the molecule is Cn1cc(C(=O)Nc2ccccc2NC(=O)OC(C)(C)C)cn1. The van der Waals surface area contributed by atoms with Crippen LogP contribution in [0.2, 0.25) is 0 Å². The summed E-state index contributed by atoms with van der Waals surface area (Å²) in [5.74, 6) is -0.309. The van der Waals surface area contributed by atoms with E-state index in [0.717, 1.165) is 0 Å². The predicted octanol–water partition coefficient (Wildman–Crippen LogP) is 3.02. The third-order valence-electron chi connectivity index (χ3n) is 2.78. The van der Waals surface area contributed by atoms with Gasteiger partial charge in [-0.3, -0.25) is 14.8 Å². The standard InChI is InChI=1S/C16H20N4O3/c1-16(2,3)23-15(22)19-13-8-6-5-7-12(13)18-14(21)11-9-17-20(4)10-11/h5-10H,1-4H3,(H,18,21)(H,19,22). The van der Waals surface area contributed by atoms with Gasteiger partial charge in [0, 0.05) is 13.2 Å². The van der Waals surface area contributed by atoms with E-state index < -0.39 is 11.7 Å². The monoisotopic (exact) mass is 316 g/mol. The van der Waals surface area contributed by atoms with Crippen molar-refractivity contribution in [2.75, 3.05) is 10.6 Å². The van der Waals surface area contributed by atoms with Gasteiger partial charge in [-0.15, -0.1) is 0 Å². The third-order valence-corrected chi connectivity index (χ3v) is 2.78. The Morgan fingerprint density at radius 3 is 2.26 bits per heavy atom. The molecule has 0 atom stereocenters. The lowest BCUT2D eigenvalue weighted by Crippen LogP contribution is -2.27. The van der Waals surface area contributed by atoms with E-state index in [9.17, 15) is 9.59 Å². The van der Waals surface area contributed by atoms with Gasteiger partial charge in [0.1, 0.15) is 5.60 Å². The molecule has 0 bridgehead atoms. The predicted molar refractivity (Wildman–Crippen MR) is 87.5 cm³/mol. The van der Waals surface area contributed by atoms with Crippen LogP contribution in [0.15, 0.2) is 36.7 Å². The second-order valence-electron chi connectivity index (χ2n) is 6.03. The first-order valence-electron chi connectivity index (χ1n) is 7.13. The summed E-state index contributed by atoms with van der Waals surface area (Å²) < 4.78 is 6.75. The number of hydrogen-bond acceptors (Lipinski definition) is 4. The van der Waals surface area contributed by atoms with Gasteiger partial charge in [0.05, 0.1) is 23.1 Å². The third kappa shape index (κ3) is 4.84. The molecule has 0 spiro atoms. The minimum atomic E-state index is -0.599. The molecule has 1 heterocycles. The Morgan fingerprint density at radius 1 is 1.13 bits per heavy atom. The Labute approximate surface area is 134 Å². The number of benzene rings is 1. The van der Waals surface area contributed by atoms with Crippen LogP contribution < -0.4 is 10.6 Å². The van der Waals surface area contributed by atoms with Crippen LogP contribution in [0.3, 0.4) is 0 Å². The molecular weight excluding hydrogens is 296 g/mol. The van der Waals surface area contributed by atoms with Crippen LogP contribution >= 0.6 is 0 Å². The zero-order valence-corrected chi connectivity index (χ0v) is 13.6. The Kier molecular flexibility index (Phi) is 4.68. The van der Waals surface area contributed by atoms with Crippen molar-refractivity contribution in [3.63, 3.8) is 0 Å². The van der Waals surface area contributed by atoms with Crippen molar-refractivity contribution in [1.82, 2.24) is 9.78 Å². The van der Waals surface area contributed by atoms with E-state index >= 15 is 0 Å². The van der Waals surface area contributed by atoms with E-state index in [-0.39, 0.29) is 5.91 Å². The van der Waals surface area contributed by atoms with Crippen molar-refractivity contribution in [1.29, 1.82) is 0 Å². The van der Waals surface area contributed by atoms with Gasteiger partial charge in [0.2, 0.25) is 0 Å². The molecule has 2 aromatic rings. The maximum Gasteiger partial charge on any atom is 0.412 e. The molecule has 7 heteroatoms. The van der Waals surface area contributed by atoms with Crippen molar-refractivity contribution < 1.29 is 14.3 Å². The van der Waals surface area contributed by atoms with E-state index in [4.69, 9.17) is 4.74 Å². The molecule has 2 amide bonds. The van der Waals surface area contributed by atoms with Crippen LogP contribution in [-0.2, 0) is 11.8 Å². The molecule has 2 N–H and O–H groups in total. The number of anilines is 2. The van der Waals surface area contributed by atoms with Gasteiger partial charge < -0.3 is 10.1 Å². The number of carbonyl (C=O) groups is 2. The lowest BCUT2D eigenvalue weighted by Gasteiger charge is -2.20. The van der Waals surface area contributed by atoms with E-state index in [2.05, 4.69) is 15.7 Å². The topological polar surface area (TPSA) is 85.2 Å². The fourth-order valence-electron chi connectivity index (χ4n) is 1.85. The summed E-state index contributed by atoms with van der Waals surface area (Å²) in [5, 5.41) is 9.33. The lowest BCUT2D eigenvalue weighted by molar-refractivity contribution is 0.0635. The molecule has 7 nitrogen and oxygen atoms in total.